The molecule has 0 saturated carbocycles. The molecule has 128 valence electrons. The lowest BCUT2D eigenvalue weighted by molar-refractivity contribution is -0.108. The number of hydrogen-bond acceptors (Lipinski definition) is 4. The summed E-state index contributed by atoms with van der Waals surface area (Å²) in [4.78, 5) is 23.5. The minimum atomic E-state index is -0.614. The van der Waals surface area contributed by atoms with Gasteiger partial charge in [-0.25, -0.2) is 8.78 Å². The molecule has 0 unspecified atom stereocenters. The molecule has 0 saturated heterocycles. The van der Waals surface area contributed by atoms with E-state index in [1.165, 1.54) is 30.3 Å². The zero-order valence-corrected chi connectivity index (χ0v) is 15.0. The summed E-state index contributed by atoms with van der Waals surface area (Å²) in [6, 6.07) is 8.42. The lowest BCUT2D eigenvalue weighted by Gasteiger charge is -2.08. The van der Waals surface area contributed by atoms with E-state index in [-0.39, 0.29) is 20.7 Å². The molecule has 0 aliphatic rings. The van der Waals surface area contributed by atoms with Gasteiger partial charge in [0.2, 0.25) is 10.2 Å². The van der Waals surface area contributed by atoms with Crippen molar-refractivity contribution in [3.8, 4) is 11.1 Å². The predicted octanol–water partition coefficient (Wildman–Crippen LogP) is 5.63. The van der Waals surface area contributed by atoms with Crippen LogP contribution in [-0.4, -0.2) is 10.2 Å². The number of thioether (sulfide) groups is 2. The van der Waals surface area contributed by atoms with Crippen LogP contribution in [0.5, 0.6) is 0 Å². The summed E-state index contributed by atoms with van der Waals surface area (Å²) >= 11 is 1.60. The molecule has 0 bridgehead atoms. The molecule has 2 nitrogen and oxygen atoms in total. The van der Waals surface area contributed by atoms with E-state index in [1.54, 1.807) is 13.0 Å². The smallest absolute Gasteiger partial charge is 0.219 e. The van der Waals surface area contributed by atoms with Crippen molar-refractivity contribution in [2.75, 3.05) is 0 Å². The monoisotopic (exact) mass is 376 g/mol. The third-order valence-corrected chi connectivity index (χ3v) is 5.06. The van der Waals surface area contributed by atoms with E-state index in [2.05, 4.69) is 13.2 Å². The zero-order chi connectivity index (χ0) is 18.6. The Morgan fingerprint density at radius 1 is 1.04 bits per heavy atom. The SMILES string of the molecule is C=CC(=O)Sc1ccc(-c2ccc(SC(=O)C(=C)C)c(F)c2)c(F)c1. The molecule has 0 fully saturated rings. The van der Waals surface area contributed by atoms with Gasteiger partial charge in [0.1, 0.15) is 11.6 Å². The Labute approximate surface area is 153 Å². The molecule has 0 atom stereocenters. The molecule has 0 aromatic heterocycles. The van der Waals surface area contributed by atoms with E-state index in [1.807, 2.05) is 0 Å². The summed E-state index contributed by atoms with van der Waals surface area (Å²) in [5.41, 5.74) is 0.868. The van der Waals surface area contributed by atoms with Crippen molar-refractivity contribution in [1.29, 1.82) is 0 Å². The molecule has 2 aromatic rings. The third-order valence-electron chi connectivity index (χ3n) is 3.12. The van der Waals surface area contributed by atoms with Gasteiger partial charge in [0, 0.05) is 10.5 Å². The Morgan fingerprint density at radius 3 is 2.32 bits per heavy atom. The van der Waals surface area contributed by atoms with Crippen LogP contribution in [0, 0.1) is 11.6 Å². The maximum Gasteiger partial charge on any atom is 0.219 e. The molecule has 0 radical (unpaired) electrons. The van der Waals surface area contributed by atoms with Crippen LogP contribution >= 0.6 is 23.5 Å². The van der Waals surface area contributed by atoms with E-state index in [0.717, 1.165) is 29.6 Å². The predicted molar refractivity (Wildman–Crippen MR) is 98.5 cm³/mol. The first kappa shape index (κ1) is 19.1. The maximum atomic E-state index is 14.3. The fourth-order valence-corrected chi connectivity index (χ4v) is 3.17. The molecule has 0 aliphatic heterocycles. The number of carbonyl (C=O) groups excluding carboxylic acids is 2. The van der Waals surface area contributed by atoms with Gasteiger partial charge in [-0.15, -0.1) is 0 Å². The lowest BCUT2D eigenvalue weighted by Crippen LogP contribution is -1.94. The molecule has 0 aliphatic carbocycles. The van der Waals surface area contributed by atoms with Gasteiger partial charge in [-0.05, 0) is 71.9 Å². The largest absolute Gasteiger partial charge is 0.282 e. The van der Waals surface area contributed by atoms with Crippen molar-refractivity contribution in [3.63, 3.8) is 0 Å². The van der Waals surface area contributed by atoms with Crippen LogP contribution in [0.1, 0.15) is 6.92 Å². The Balaban J connectivity index is 2.28. The molecular weight excluding hydrogens is 362 g/mol. The van der Waals surface area contributed by atoms with Crippen LogP contribution in [0.2, 0.25) is 0 Å². The van der Waals surface area contributed by atoms with Crippen molar-refractivity contribution in [2.45, 2.75) is 16.7 Å². The summed E-state index contributed by atoms with van der Waals surface area (Å²) in [5.74, 6) is -1.18. The highest BCUT2D eigenvalue weighted by Crippen LogP contribution is 2.32. The summed E-state index contributed by atoms with van der Waals surface area (Å²) in [6.45, 7) is 8.42. The number of halogens is 2. The fraction of sp³-hybridized carbons (Fsp3) is 0.0526. The second-order valence-electron chi connectivity index (χ2n) is 5.08. The first-order valence-electron chi connectivity index (χ1n) is 7.13. The zero-order valence-electron chi connectivity index (χ0n) is 13.3. The molecule has 25 heavy (non-hydrogen) atoms. The standard InChI is InChI=1S/C19H14F2O2S2/c1-4-18(22)24-13-6-7-14(15(20)10-13)12-5-8-17(16(21)9-12)25-19(23)11(2)3/h4-10H,1-2H2,3H3. The quantitative estimate of drug-likeness (QED) is 0.500. The van der Waals surface area contributed by atoms with Crippen LogP contribution < -0.4 is 0 Å². The number of carbonyl (C=O) groups is 2. The van der Waals surface area contributed by atoms with Crippen LogP contribution in [0.15, 0.2) is 71.0 Å². The molecule has 0 spiro atoms. The van der Waals surface area contributed by atoms with Crippen LogP contribution in [0.25, 0.3) is 11.1 Å². The van der Waals surface area contributed by atoms with Crippen LogP contribution in [-0.2, 0) is 9.59 Å². The fourth-order valence-electron chi connectivity index (χ4n) is 1.89. The number of benzene rings is 2. The van der Waals surface area contributed by atoms with Crippen LogP contribution in [0.3, 0.4) is 0 Å². The van der Waals surface area contributed by atoms with Crippen molar-refractivity contribution in [2.24, 2.45) is 0 Å². The normalized spacial score (nSPS) is 10.4. The average Bonchev–Trinajstić information content (AvgIpc) is 2.56. The first-order chi connectivity index (χ1) is 11.8. The highest BCUT2D eigenvalue weighted by atomic mass is 32.2. The second kappa shape index (κ2) is 8.27. The molecule has 0 N–H and O–H groups in total. The highest BCUT2D eigenvalue weighted by Gasteiger charge is 2.13. The average molecular weight is 376 g/mol. The van der Waals surface area contributed by atoms with Crippen molar-refractivity contribution < 1.29 is 18.4 Å². The number of hydrogen-bond donors (Lipinski definition) is 0. The first-order valence-corrected chi connectivity index (χ1v) is 8.76. The summed E-state index contributed by atoms with van der Waals surface area (Å²) in [6.07, 6.45) is 1.15. The molecule has 0 amide bonds. The maximum absolute atomic E-state index is 14.3. The van der Waals surface area contributed by atoms with E-state index < -0.39 is 11.6 Å². The molecule has 2 aromatic carbocycles. The Hall–Kier alpha value is -2.18. The van der Waals surface area contributed by atoms with E-state index in [9.17, 15) is 18.4 Å². The van der Waals surface area contributed by atoms with E-state index in [4.69, 9.17) is 0 Å². The topological polar surface area (TPSA) is 34.1 Å². The van der Waals surface area contributed by atoms with Crippen molar-refractivity contribution in [1.82, 2.24) is 0 Å². The van der Waals surface area contributed by atoms with Gasteiger partial charge in [0.25, 0.3) is 0 Å². The molecular formula is C19H14F2O2S2. The van der Waals surface area contributed by atoms with E-state index >= 15 is 0 Å². The Kier molecular flexibility index (Phi) is 6.33. The second-order valence-corrected chi connectivity index (χ2v) is 7.17. The minimum Gasteiger partial charge on any atom is -0.282 e. The van der Waals surface area contributed by atoms with Crippen molar-refractivity contribution >= 4 is 33.8 Å². The third kappa shape index (κ3) is 4.90. The van der Waals surface area contributed by atoms with Gasteiger partial charge in [0.05, 0.1) is 4.90 Å². The van der Waals surface area contributed by atoms with Gasteiger partial charge >= 0.3 is 0 Å². The summed E-state index contributed by atoms with van der Waals surface area (Å²) < 4.78 is 28.5. The Morgan fingerprint density at radius 2 is 1.76 bits per heavy atom. The van der Waals surface area contributed by atoms with Gasteiger partial charge in [0.15, 0.2) is 0 Å². The minimum absolute atomic E-state index is 0.154. The van der Waals surface area contributed by atoms with Gasteiger partial charge in [-0.2, -0.15) is 0 Å². The van der Waals surface area contributed by atoms with Crippen LogP contribution in [0.4, 0.5) is 8.78 Å². The molecule has 0 heterocycles. The Bertz CT molecular complexity index is 876. The number of rotatable bonds is 5. The van der Waals surface area contributed by atoms with Gasteiger partial charge in [-0.1, -0.05) is 25.3 Å². The van der Waals surface area contributed by atoms with Gasteiger partial charge in [-0.3, -0.25) is 9.59 Å². The lowest BCUT2D eigenvalue weighted by atomic mass is 10.1. The van der Waals surface area contributed by atoms with Crippen molar-refractivity contribution in [3.05, 3.63) is 72.8 Å². The molecule has 2 rings (SSSR count). The summed E-state index contributed by atoms with van der Waals surface area (Å²) in [5, 5.41) is -0.618. The van der Waals surface area contributed by atoms with Gasteiger partial charge < -0.3 is 0 Å². The highest BCUT2D eigenvalue weighted by molar-refractivity contribution is 8.14. The van der Waals surface area contributed by atoms with E-state index in [0.29, 0.717) is 16.0 Å². The molecule has 6 heteroatoms. The summed E-state index contributed by atoms with van der Waals surface area (Å²) in [7, 11) is 0.